The molecule has 152 valence electrons. The first-order chi connectivity index (χ1) is 13.3. The number of nitrogens with zero attached hydrogens (tertiary/aromatic N) is 2. The summed E-state index contributed by atoms with van der Waals surface area (Å²) in [5.41, 5.74) is 2.40. The Morgan fingerprint density at radius 2 is 1.82 bits per heavy atom. The lowest BCUT2D eigenvalue weighted by Gasteiger charge is -2.53. The molecule has 28 heavy (non-hydrogen) atoms. The molecule has 0 saturated carbocycles. The molecule has 1 unspecified atom stereocenters. The van der Waals surface area contributed by atoms with E-state index in [2.05, 4.69) is 43.6 Å². The van der Waals surface area contributed by atoms with Gasteiger partial charge in [-0.1, -0.05) is 18.2 Å². The Balaban J connectivity index is 1.57. The highest BCUT2D eigenvalue weighted by molar-refractivity contribution is 5.31. The second kappa shape index (κ2) is 8.62. The summed E-state index contributed by atoms with van der Waals surface area (Å²) in [6.45, 7) is 10.1. The standard InChI is InChI=1S/C24H34N2O2/c1-23(2)12-8-13-24(3,4)26(23)17-21(27)18-28-22-11-7-9-19(16-22)15-20-10-5-6-14-25-20/h5-7,9-11,14,16,21,27H,8,12-13,15,17-18H2,1-4H3. The van der Waals surface area contributed by atoms with Gasteiger partial charge in [-0.2, -0.15) is 0 Å². The van der Waals surface area contributed by atoms with Crippen molar-refractivity contribution in [3.8, 4) is 5.75 Å². The molecule has 0 spiro atoms. The van der Waals surface area contributed by atoms with Crippen LogP contribution in [0.5, 0.6) is 5.75 Å². The van der Waals surface area contributed by atoms with Gasteiger partial charge in [0.05, 0.1) is 0 Å². The first-order valence-corrected chi connectivity index (χ1v) is 10.3. The van der Waals surface area contributed by atoms with Crippen molar-refractivity contribution in [2.75, 3.05) is 13.2 Å². The van der Waals surface area contributed by atoms with Crippen molar-refractivity contribution < 1.29 is 9.84 Å². The van der Waals surface area contributed by atoms with Crippen molar-refractivity contribution in [3.05, 3.63) is 59.9 Å². The first-order valence-electron chi connectivity index (χ1n) is 10.3. The summed E-state index contributed by atoms with van der Waals surface area (Å²) in [5.74, 6) is 0.796. The van der Waals surface area contributed by atoms with Gasteiger partial charge in [0, 0.05) is 35.9 Å². The van der Waals surface area contributed by atoms with Crippen molar-refractivity contribution in [1.82, 2.24) is 9.88 Å². The number of aliphatic hydroxyl groups is 1. The highest BCUT2D eigenvalue weighted by Crippen LogP contribution is 2.38. The van der Waals surface area contributed by atoms with Crippen LogP contribution in [0.4, 0.5) is 0 Å². The molecule has 0 radical (unpaired) electrons. The highest BCUT2D eigenvalue weighted by Gasteiger charge is 2.41. The predicted molar refractivity (Wildman–Crippen MR) is 114 cm³/mol. The molecule has 1 N–H and O–H groups in total. The van der Waals surface area contributed by atoms with E-state index in [0.717, 1.165) is 23.4 Å². The molecular weight excluding hydrogens is 348 g/mol. The van der Waals surface area contributed by atoms with Crippen molar-refractivity contribution in [1.29, 1.82) is 0 Å². The van der Waals surface area contributed by atoms with Gasteiger partial charge in [0.1, 0.15) is 18.5 Å². The minimum Gasteiger partial charge on any atom is -0.491 e. The van der Waals surface area contributed by atoms with Crippen LogP contribution in [0.25, 0.3) is 0 Å². The lowest BCUT2D eigenvalue weighted by molar-refractivity contribution is -0.0606. The van der Waals surface area contributed by atoms with Gasteiger partial charge in [-0.25, -0.2) is 0 Å². The van der Waals surface area contributed by atoms with E-state index >= 15 is 0 Å². The fraction of sp³-hybridized carbons (Fsp3) is 0.542. The molecule has 2 heterocycles. The van der Waals surface area contributed by atoms with Crippen LogP contribution in [0.3, 0.4) is 0 Å². The van der Waals surface area contributed by atoms with Crippen LogP contribution in [0, 0.1) is 0 Å². The minimum absolute atomic E-state index is 0.103. The zero-order chi connectivity index (χ0) is 20.2. The summed E-state index contributed by atoms with van der Waals surface area (Å²) in [6, 6.07) is 14.0. The van der Waals surface area contributed by atoms with E-state index in [9.17, 15) is 5.11 Å². The number of β-amino-alcohol motifs (C(OH)–C–C–N with tert-alkyl or cyclic N) is 1. The number of piperidine rings is 1. The second-order valence-electron chi connectivity index (χ2n) is 9.20. The molecule has 3 rings (SSSR count). The largest absolute Gasteiger partial charge is 0.491 e. The topological polar surface area (TPSA) is 45.6 Å². The smallest absolute Gasteiger partial charge is 0.119 e. The Morgan fingerprint density at radius 1 is 1.07 bits per heavy atom. The zero-order valence-corrected chi connectivity index (χ0v) is 17.7. The molecule has 2 aromatic rings. The molecule has 1 aliphatic heterocycles. The van der Waals surface area contributed by atoms with Gasteiger partial charge in [0.25, 0.3) is 0 Å². The third-order valence-electron chi connectivity index (χ3n) is 5.88. The molecule has 0 bridgehead atoms. The monoisotopic (exact) mass is 382 g/mol. The maximum atomic E-state index is 10.7. The van der Waals surface area contributed by atoms with Gasteiger partial charge in [0.2, 0.25) is 0 Å². The molecule has 4 nitrogen and oxygen atoms in total. The first kappa shape index (κ1) is 20.8. The average molecular weight is 383 g/mol. The van der Waals surface area contributed by atoms with Crippen LogP contribution in [-0.4, -0.2) is 45.3 Å². The SMILES string of the molecule is CC1(C)CCCC(C)(C)N1CC(O)COc1cccc(Cc2ccccn2)c1. The Hall–Kier alpha value is -1.91. The number of aromatic nitrogens is 1. The molecule has 0 aliphatic carbocycles. The molecular formula is C24H34N2O2. The zero-order valence-electron chi connectivity index (χ0n) is 17.7. The van der Waals surface area contributed by atoms with Crippen LogP contribution in [-0.2, 0) is 6.42 Å². The Labute approximate surface area is 169 Å². The molecule has 0 amide bonds. The van der Waals surface area contributed by atoms with Gasteiger partial charge in [0.15, 0.2) is 0 Å². The van der Waals surface area contributed by atoms with E-state index in [1.807, 2.05) is 42.6 Å². The van der Waals surface area contributed by atoms with E-state index in [1.165, 1.54) is 19.3 Å². The normalized spacial score (nSPS) is 19.9. The molecule has 1 fully saturated rings. The molecule has 1 aromatic carbocycles. The van der Waals surface area contributed by atoms with Gasteiger partial charge >= 0.3 is 0 Å². The van der Waals surface area contributed by atoms with E-state index in [4.69, 9.17) is 4.74 Å². The maximum Gasteiger partial charge on any atom is 0.119 e. The molecule has 1 aliphatic rings. The Morgan fingerprint density at radius 3 is 2.50 bits per heavy atom. The number of ether oxygens (including phenoxy) is 1. The van der Waals surface area contributed by atoms with E-state index < -0.39 is 6.10 Å². The van der Waals surface area contributed by atoms with Crippen LogP contribution in [0.1, 0.15) is 58.2 Å². The quantitative estimate of drug-likeness (QED) is 0.768. The van der Waals surface area contributed by atoms with Gasteiger partial charge in [-0.15, -0.1) is 0 Å². The summed E-state index contributed by atoms with van der Waals surface area (Å²) >= 11 is 0. The highest BCUT2D eigenvalue weighted by atomic mass is 16.5. The molecule has 1 atom stereocenters. The number of rotatable bonds is 7. The summed E-state index contributed by atoms with van der Waals surface area (Å²) < 4.78 is 5.93. The van der Waals surface area contributed by atoms with Crippen LogP contribution in [0.2, 0.25) is 0 Å². The lowest BCUT2D eigenvalue weighted by atomic mass is 9.79. The van der Waals surface area contributed by atoms with Gasteiger partial charge < -0.3 is 9.84 Å². The van der Waals surface area contributed by atoms with E-state index in [-0.39, 0.29) is 11.1 Å². The Kier molecular flexibility index (Phi) is 6.41. The minimum atomic E-state index is -0.518. The van der Waals surface area contributed by atoms with Gasteiger partial charge in [-0.3, -0.25) is 9.88 Å². The van der Waals surface area contributed by atoms with E-state index in [1.54, 1.807) is 0 Å². The second-order valence-corrected chi connectivity index (χ2v) is 9.20. The van der Waals surface area contributed by atoms with Crippen molar-refractivity contribution in [3.63, 3.8) is 0 Å². The van der Waals surface area contributed by atoms with Crippen molar-refractivity contribution in [2.24, 2.45) is 0 Å². The van der Waals surface area contributed by atoms with Gasteiger partial charge in [-0.05, 0) is 76.8 Å². The lowest BCUT2D eigenvalue weighted by Crippen LogP contribution is -2.60. The number of hydrogen-bond acceptors (Lipinski definition) is 4. The number of aliphatic hydroxyl groups excluding tert-OH is 1. The summed E-state index contributed by atoms with van der Waals surface area (Å²) in [4.78, 5) is 6.84. The third-order valence-corrected chi connectivity index (χ3v) is 5.88. The fourth-order valence-electron chi connectivity index (χ4n) is 4.45. The maximum absolute atomic E-state index is 10.7. The van der Waals surface area contributed by atoms with Crippen molar-refractivity contribution >= 4 is 0 Å². The van der Waals surface area contributed by atoms with Crippen LogP contribution in [0.15, 0.2) is 48.7 Å². The molecule has 1 aromatic heterocycles. The predicted octanol–water partition coefficient (Wildman–Crippen LogP) is 4.46. The fourth-order valence-corrected chi connectivity index (χ4v) is 4.45. The summed E-state index contributed by atoms with van der Waals surface area (Å²) in [7, 11) is 0. The van der Waals surface area contributed by atoms with Crippen LogP contribution >= 0.6 is 0 Å². The van der Waals surface area contributed by atoms with E-state index in [0.29, 0.717) is 13.2 Å². The number of benzene rings is 1. The molecule has 1 saturated heterocycles. The number of hydrogen-bond donors (Lipinski definition) is 1. The molecule has 4 heteroatoms. The summed E-state index contributed by atoms with van der Waals surface area (Å²) in [6.07, 6.45) is 5.65. The Bertz CT molecular complexity index is 742. The average Bonchev–Trinajstić information content (AvgIpc) is 2.64. The van der Waals surface area contributed by atoms with Crippen molar-refractivity contribution in [2.45, 2.75) is 70.6 Å². The third kappa shape index (κ3) is 5.33. The van der Waals surface area contributed by atoms with Crippen LogP contribution < -0.4 is 4.74 Å². The number of likely N-dealkylation sites (tertiary alicyclic amines) is 1. The summed E-state index contributed by atoms with van der Waals surface area (Å²) in [5, 5.41) is 10.7. The number of pyridine rings is 1.